The van der Waals surface area contributed by atoms with Crippen LogP contribution in [0.4, 0.5) is 0 Å². The first-order valence-electron chi connectivity index (χ1n) is 5.31. The van der Waals surface area contributed by atoms with Crippen LogP contribution in [0.5, 0.6) is 5.75 Å². The van der Waals surface area contributed by atoms with Gasteiger partial charge in [-0.3, -0.25) is 0 Å². The summed E-state index contributed by atoms with van der Waals surface area (Å²) in [7, 11) is 0. The molecule has 0 aromatic heterocycles. The summed E-state index contributed by atoms with van der Waals surface area (Å²) in [5, 5.41) is 0. The maximum atomic E-state index is 11.7. The van der Waals surface area contributed by atoms with Crippen molar-refractivity contribution in [2.75, 3.05) is 0 Å². The molecule has 3 heteroatoms. The minimum atomic E-state index is -0.250. The van der Waals surface area contributed by atoms with E-state index in [9.17, 15) is 4.79 Å². The van der Waals surface area contributed by atoms with Gasteiger partial charge in [-0.2, -0.15) is 0 Å². The van der Waals surface area contributed by atoms with Gasteiger partial charge in [0.05, 0.1) is 0 Å². The highest BCUT2D eigenvalue weighted by Crippen LogP contribution is 2.33. The molecule has 1 aliphatic carbocycles. The quantitative estimate of drug-likeness (QED) is 0.607. The summed E-state index contributed by atoms with van der Waals surface area (Å²) >= 11 is 0. The molecule has 1 aromatic carbocycles. The number of benzene rings is 1. The molecule has 15 heavy (non-hydrogen) atoms. The Hall–Kier alpha value is -1.51. The van der Waals surface area contributed by atoms with Crippen LogP contribution in [0.3, 0.4) is 0 Å². The second-order valence-corrected chi connectivity index (χ2v) is 4.03. The molecule has 0 N–H and O–H groups in total. The number of hydrogen-bond donors (Lipinski definition) is 0. The summed E-state index contributed by atoms with van der Waals surface area (Å²) in [6.07, 6.45) is 2.98. The Bertz CT molecular complexity index is 400. The molecule has 0 bridgehead atoms. The summed E-state index contributed by atoms with van der Waals surface area (Å²) in [4.78, 5) is 11.7. The molecule has 1 saturated carbocycles. The summed E-state index contributed by atoms with van der Waals surface area (Å²) in [6, 6.07) is 7.28. The van der Waals surface area contributed by atoms with Crippen molar-refractivity contribution in [2.45, 2.75) is 31.5 Å². The lowest BCUT2D eigenvalue weighted by atomic mass is 10.2. The standard InChI is InChI=1S/C12H12O3/c13-12-8-4-1-2-5-9(8)14-10-6-3-7-11(10)15-12/h1-2,4-5,10-11H,3,6-7H2. The van der Waals surface area contributed by atoms with Crippen LogP contribution in [-0.2, 0) is 4.74 Å². The molecule has 3 nitrogen and oxygen atoms in total. The van der Waals surface area contributed by atoms with E-state index < -0.39 is 0 Å². The van der Waals surface area contributed by atoms with Crippen LogP contribution in [-0.4, -0.2) is 18.2 Å². The summed E-state index contributed by atoms with van der Waals surface area (Å²) in [6.45, 7) is 0. The van der Waals surface area contributed by atoms with Gasteiger partial charge in [0.15, 0.2) is 0 Å². The van der Waals surface area contributed by atoms with Gasteiger partial charge in [-0.1, -0.05) is 12.1 Å². The van der Waals surface area contributed by atoms with Crippen LogP contribution in [0.2, 0.25) is 0 Å². The smallest absolute Gasteiger partial charge is 0.342 e. The molecule has 2 atom stereocenters. The fraction of sp³-hybridized carbons (Fsp3) is 0.417. The van der Waals surface area contributed by atoms with E-state index in [4.69, 9.17) is 9.47 Å². The first-order chi connectivity index (χ1) is 7.34. The lowest BCUT2D eigenvalue weighted by Crippen LogP contribution is -2.27. The number of rotatable bonds is 0. The SMILES string of the molecule is O=C1OC2CCCC2Oc2ccccc21. The van der Waals surface area contributed by atoms with Crippen LogP contribution >= 0.6 is 0 Å². The molecule has 0 amide bonds. The summed E-state index contributed by atoms with van der Waals surface area (Å²) in [5.41, 5.74) is 0.548. The average Bonchev–Trinajstić information content (AvgIpc) is 2.61. The molecule has 2 aliphatic rings. The lowest BCUT2D eigenvalue weighted by Gasteiger charge is -2.16. The van der Waals surface area contributed by atoms with Crippen molar-refractivity contribution in [3.63, 3.8) is 0 Å². The highest BCUT2D eigenvalue weighted by atomic mass is 16.6. The van der Waals surface area contributed by atoms with E-state index >= 15 is 0 Å². The van der Waals surface area contributed by atoms with E-state index in [-0.39, 0.29) is 18.2 Å². The molecular formula is C12H12O3. The normalized spacial score (nSPS) is 28.4. The van der Waals surface area contributed by atoms with E-state index in [1.807, 2.05) is 18.2 Å². The minimum Gasteiger partial charge on any atom is -0.486 e. The Balaban J connectivity index is 2.02. The van der Waals surface area contributed by atoms with Crippen LogP contribution in [0.1, 0.15) is 29.6 Å². The Morgan fingerprint density at radius 2 is 1.80 bits per heavy atom. The zero-order valence-electron chi connectivity index (χ0n) is 8.31. The van der Waals surface area contributed by atoms with Gasteiger partial charge in [0.25, 0.3) is 0 Å². The van der Waals surface area contributed by atoms with Crippen LogP contribution in [0, 0.1) is 0 Å². The molecule has 1 aromatic rings. The zero-order chi connectivity index (χ0) is 10.3. The third-order valence-electron chi connectivity index (χ3n) is 3.04. The van der Waals surface area contributed by atoms with Crippen LogP contribution in [0.25, 0.3) is 0 Å². The van der Waals surface area contributed by atoms with E-state index in [0.29, 0.717) is 11.3 Å². The molecule has 3 rings (SSSR count). The number of para-hydroxylation sites is 1. The molecule has 2 unspecified atom stereocenters. The zero-order valence-corrected chi connectivity index (χ0v) is 8.31. The van der Waals surface area contributed by atoms with Gasteiger partial charge >= 0.3 is 5.97 Å². The predicted molar refractivity (Wildman–Crippen MR) is 53.9 cm³/mol. The summed E-state index contributed by atoms with van der Waals surface area (Å²) in [5.74, 6) is 0.414. The minimum absolute atomic E-state index is 0.0510. The Morgan fingerprint density at radius 1 is 1.07 bits per heavy atom. The van der Waals surface area contributed by atoms with E-state index in [2.05, 4.69) is 0 Å². The monoisotopic (exact) mass is 204 g/mol. The first-order valence-corrected chi connectivity index (χ1v) is 5.31. The van der Waals surface area contributed by atoms with Crippen molar-refractivity contribution in [1.29, 1.82) is 0 Å². The first kappa shape index (κ1) is 8.77. The number of esters is 1. The molecule has 0 saturated heterocycles. The fourth-order valence-electron chi connectivity index (χ4n) is 2.26. The molecule has 0 spiro atoms. The third kappa shape index (κ3) is 1.39. The topological polar surface area (TPSA) is 35.5 Å². The van der Waals surface area contributed by atoms with Crippen LogP contribution < -0.4 is 4.74 Å². The highest BCUT2D eigenvalue weighted by molar-refractivity contribution is 5.92. The maximum Gasteiger partial charge on any atom is 0.342 e. The van der Waals surface area contributed by atoms with Crippen molar-refractivity contribution in [1.82, 2.24) is 0 Å². The number of carbonyl (C=O) groups excluding carboxylic acids is 1. The second kappa shape index (κ2) is 3.26. The van der Waals surface area contributed by atoms with Crippen molar-refractivity contribution in [2.24, 2.45) is 0 Å². The Morgan fingerprint density at radius 3 is 2.67 bits per heavy atom. The van der Waals surface area contributed by atoms with Gasteiger partial charge in [-0.15, -0.1) is 0 Å². The molecule has 0 radical (unpaired) electrons. The molecule has 1 aliphatic heterocycles. The van der Waals surface area contributed by atoms with E-state index in [0.717, 1.165) is 19.3 Å². The number of ether oxygens (including phenoxy) is 2. The van der Waals surface area contributed by atoms with Gasteiger partial charge in [0.1, 0.15) is 23.5 Å². The third-order valence-corrected chi connectivity index (χ3v) is 3.04. The molecule has 1 fully saturated rings. The molecular weight excluding hydrogens is 192 g/mol. The van der Waals surface area contributed by atoms with E-state index in [1.165, 1.54) is 0 Å². The Kier molecular flexibility index (Phi) is 1.91. The summed E-state index contributed by atoms with van der Waals surface area (Å²) < 4.78 is 11.2. The molecule has 78 valence electrons. The van der Waals surface area contributed by atoms with E-state index in [1.54, 1.807) is 6.07 Å². The maximum absolute atomic E-state index is 11.7. The van der Waals surface area contributed by atoms with Gasteiger partial charge in [-0.05, 0) is 31.4 Å². The lowest BCUT2D eigenvalue weighted by molar-refractivity contribution is 0.0108. The van der Waals surface area contributed by atoms with Crippen molar-refractivity contribution in [3.8, 4) is 5.75 Å². The predicted octanol–water partition coefficient (Wildman–Crippen LogP) is 2.16. The molecule has 1 heterocycles. The number of carbonyl (C=O) groups is 1. The van der Waals surface area contributed by atoms with Crippen molar-refractivity contribution in [3.05, 3.63) is 29.8 Å². The highest BCUT2D eigenvalue weighted by Gasteiger charge is 2.36. The van der Waals surface area contributed by atoms with Gasteiger partial charge in [-0.25, -0.2) is 4.79 Å². The average molecular weight is 204 g/mol. The fourth-order valence-corrected chi connectivity index (χ4v) is 2.26. The Labute approximate surface area is 88.0 Å². The van der Waals surface area contributed by atoms with Crippen molar-refractivity contribution >= 4 is 5.97 Å². The number of hydrogen-bond acceptors (Lipinski definition) is 3. The van der Waals surface area contributed by atoms with Gasteiger partial charge in [0.2, 0.25) is 0 Å². The van der Waals surface area contributed by atoms with Crippen molar-refractivity contribution < 1.29 is 14.3 Å². The number of fused-ring (bicyclic) bond motifs is 2. The largest absolute Gasteiger partial charge is 0.486 e. The van der Waals surface area contributed by atoms with Crippen LogP contribution in [0.15, 0.2) is 24.3 Å². The second-order valence-electron chi connectivity index (χ2n) is 4.03. The van der Waals surface area contributed by atoms with Gasteiger partial charge < -0.3 is 9.47 Å². The van der Waals surface area contributed by atoms with Gasteiger partial charge in [0, 0.05) is 0 Å².